The maximum Gasteiger partial charge on any atom is 0.162 e. The van der Waals surface area contributed by atoms with Gasteiger partial charge in [-0.1, -0.05) is 0 Å². The summed E-state index contributed by atoms with van der Waals surface area (Å²) >= 11 is 0. The van der Waals surface area contributed by atoms with E-state index in [4.69, 9.17) is 9.47 Å². The van der Waals surface area contributed by atoms with Crippen molar-refractivity contribution < 1.29 is 14.6 Å². The summed E-state index contributed by atoms with van der Waals surface area (Å²) in [6, 6.07) is 0. The zero-order valence-electron chi connectivity index (χ0n) is 9.72. The molecule has 5 heteroatoms. The van der Waals surface area contributed by atoms with Crippen LogP contribution in [0, 0.1) is 0 Å². The molecule has 16 heavy (non-hydrogen) atoms. The third kappa shape index (κ3) is 2.05. The van der Waals surface area contributed by atoms with Crippen LogP contribution in [0.3, 0.4) is 0 Å². The molecule has 1 aromatic heterocycles. The molecule has 2 unspecified atom stereocenters. The van der Waals surface area contributed by atoms with Crippen molar-refractivity contribution in [2.45, 2.75) is 31.5 Å². The minimum Gasteiger partial charge on any atom is -0.493 e. The third-order valence-corrected chi connectivity index (χ3v) is 3.02. The largest absolute Gasteiger partial charge is 0.493 e. The van der Waals surface area contributed by atoms with Crippen LogP contribution in [0.4, 0.5) is 0 Å². The molecule has 0 aromatic carbocycles. The van der Waals surface area contributed by atoms with E-state index in [9.17, 15) is 5.11 Å². The normalized spacial score (nSPS) is 23.1. The number of hydrogen-bond donors (Lipinski definition) is 1. The summed E-state index contributed by atoms with van der Waals surface area (Å²) in [6.45, 7) is 0.724. The molecule has 0 bridgehead atoms. The lowest BCUT2D eigenvalue weighted by molar-refractivity contribution is -0.0666. The highest BCUT2D eigenvalue weighted by atomic mass is 16.5. The second-order valence-corrected chi connectivity index (χ2v) is 4.07. The molecule has 1 aliphatic rings. The van der Waals surface area contributed by atoms with Crippen LogP contribution in [0.2, 0.25) is 0 Å². The summed E-state index contributed by atoms with van der Waals surface area (Å²) < 4.78 is 12.4. The van der Waals surface area contributed by atoms with Crippen LogP contribution in [-0.2, 0) is 11.8 Å². The Labute approximate surface area is 95.0 Å². The average Bonchev–Trinajstić information content (AvgIpc) is 2.70. The lowest BCUT2D eigenvalue weighted by Gasteiger charge is -2.27. The molecule has 1 aromatic rings. The number of methoxy groups -OCH3 is 1. The van der Waals surface area contributed by atoms with Crippen molar-refractivity contribution in [3.8, 4) is 5.75 Å². The van der Waals surface area contributed by atoms with Crippen molar-refractivity contribution in [1.82, 2.24) is 9.78 Å². The van der Waals surface area contributed by atoms with E-state index in [0.717, 1.165) is 25.9 Å². The van der Waals surface area contributed by atoms with Crippen molar-refractivity contribution in [1.29, 1.82) is 0 Å². The first-order chi connectivity index (χ1) is 7.74. The zero-order valence-corrected chi connectivity index (χ0v) is 9.72. The van der Waals surface area contributed by atoms with Gasteiger partial charge in [-0.3, -0.25) is 4.68 Å². The van der Waals surface area contributed by atoms with Crippen molar-refractivity contribution in [3.05, 3.63) is 11.9 Å². The Morgan fingerprint density at radius 1 is 1.62 bits per heavy atom. The summed E-state index contributed by atoms with van der Waals surface area (Å²) in [5.74, 6) is 0.615. The first-order valence-electron chi connectivity index (χ1n) is 5.59. The first kappa shape index (κ1) is 11.4. The van der Waals surface area contributed by atoms with E-state index in [-0.39, 0.29) is 6.10 Å². The molecule has 1 aliphatic heterocycles. The van der Waals surface area contributed by atoms with Gasteiger partial charge in [-0.25, -0.2) is 0 Å². The molecule has 0 spiro atoms. The van der Waals surface area contributed by atoms with Crippen molar-refractivity contribution in [2.24, 2.45) is 7.05 Å². The highest BCUT2D eigenvalue weighted by molar-refractivity contribution is 5.27. The molecular formula is C11H18N2O3. The lowest BCUT2D eigenvalue weighted by atomic mass is 10.0. The van der Waals surface area contributed by atoms with Gasteiger partial charge in [0.1, 0.15) is 11.8 Å². The summed E-state index contributed by atoms with van der Waals surface area (Å²) in [6.07, 6.45) is 3.87. The first-order valence-corrected chi connectivity index (χ1v) is 5.59. The smallest absolute Gasteiger partial charge is 0.162 e. The van der Waals surface area contributed by atoms with Crippen LogP contribution < -0.4 is 4.74 Å². The van der Waals surface area contributed by atoms with Gasteiger partial charge < -0.3 is 14.6 Å². The summed E-state index contributed by atoms with van der Waals surface area (Å²) in [7, 11) is 3.37. The molecule has 1 fully saturated rings. The number of aryl methyl sites for hydroxylation is 1. The number of hydrogen-bond acceptors (Lipinski definition) is 4. The molecule has 1 N–H and O–H groups in total. The molecule has 0 radical (unpaired) electrons. The molecule has 2 rings (SSSR count). The second-order valence-electron chi connectivity index (χ2n) is 4.07. The van der Waals surface area contributed by atoms with E-state index in [1.807, 2.05) is 0 Å². The van der Waals surface area contributed by atoms with Crippen LogP contribution in [-0.4, -0.2) is 34.7 Å². The molecule has 90 valence electrons. The van der Waals surface area contributed by atoms with Crippen LogP contribution in [0.15, 0.2) is 6.20 Å². The molecular weight excluding hydrogens is 208 g/mol. The van der Waals surface area contributed by atoms with Crippen LogP contribution in [0.5, 0.6) is 5.75 Å². The van der Waals surface area contributed by atoms with Crippen molar-refractivity contribution in [3.63, 3.8) is 0 Å². The minimum atomic E-state index is -0.664. The number of rotatable bonds is 3. The summed E-state index contributed by atoms with van der Waals surface area (Å²) in [5, 5.41) is 14.3. The molecule has 0 aliphatic carbocycles. The summed E-state index contributed by atoms with van der Waals surface area (Å²) in [5.41, 5.74) is 0.689. The molecule has 0 amide bonds. The van der Waals surface area contributed by atoms with Gasteiger partial charge in [0, 0.05) is 13.7 Å². The molecule has 1 saturated heterocycles. The number of aliphatic hydroxyl groups is 1. The standard InChI is InChI=1S/C11H18N2O3/c1-13-10(9(15-2)7-12-13)11(14)8-5-3-4-6-16-8/h7-8,11,14H,3-6H2,1-2H3. The zero-order chi connectivity index (χ0) is 11.5. The van der Waals surface area contributed by atoms with E-state index in [2.05, 4.69) is 5.10 Å². The predicted octanol–water partition coefficient (Wildman–Crippen LogP) is 1.03. The van der Waals surface area contributed by atoms with Crippen molar-refractivity contribution >= 4 is 0 Å². The number of aliphatic hydroxyl groups excluding tert-OH is 1. The summed E-state index contributed by atoms with van der Waals surface area (Å²) in [4.78, 5) is 0. The molecule has 5 nitrogen and oxygen atoms in total. The topological polar surface area (TPSA) is 56.5 Å². The third-order valence-electron chi connectivity index (χ3n) is 3.02. The highest BCUT2D eigenvalue weighted by Gasteiger charge is 2.28. The van der Waals surface area contributed by atoms with E-state index in [1.165, 1.54) is 0 Å². The fourth-order valence-electron chi connectivity index (χ4n) is 2.11. The van der Waals surface area contributed by atoms with Gasteiger partial charge in [-0.15, -0.1) is 0 Å². The Hall–Kier alpha value is -1.07. The molecule has 2 heterocycles. The van der Waals surface area contributed by atoms with Crippen LogP contribution in [0.25, 0.3) is 0 Å². The Morgan fingerprint density at radius 3 is 3.06 bits per heavy atom. The quantitative estimate of drug-likeness (QED) is 0.836. The van der Waals surface area contributed by atoms with Gasteiger partial charge in [0.2, 0.25) is 0 Å². The van der Waals surface area contributed by atoms with Gasteiger partial charge in [-0.05, 0) is 19.3 Å². The van der Waals surface area contributed by atoms with Gasteiger partial charge in [-0.2, -0.15) is 5.10 Å². The Kier molecular flexibility index (Phi) is 3.46. The van der Waals surface area contributed by atoms with E-state index >= 15 is 0 Å². The average molecular weight is 226 g/mol. The van der Waals surface area contributed by atoms with E-state index in [0.29, 0.717) is 11.4 Å². The fourth-order valence-corrected chi connectivity index (χ4v) is 2.11. The van der Waals surface area contributed by atoms with Gasteiger partial charge >= 0.3 is 0 Å². The monoisotopic (exact) mass is 226 g/mol. The second kappa shape index (κ2) is 4.84. The maximum absolute atomic E-state index is 10.3. The Bertz CT molecular complexity index is 345. The SMILES string of the molecule is COc1cnn(C)c1C(O)C1CCCCO1. The number of ether oxygens (including phenoxy) is 2. The highest BCUT2D eigenvalue weighted by Crippen LogP contribution is 2.31. The maximum atomic E-state index is 10.3. The Balaban J connectivity index is 2.18. The Morgan fingerprint density at radius 2 is 2.44 bits per heavy atom. The van der Waals surface area contributed by atoms with Gasteiger partial charge in [0.05, 0.1) is 19.4 Å². The van der Waals surface area contributed by atoms with Crippen LogP contribution in [0.1, 0.15) is 31.1 Å². The van der Waals surface area contributed by atoms with E-state index in [1.54, 1.807) is 25.0 Å². The minimum absolute atomic E-state index is 0.141. The number of aromatic nitrogens is 2. The molecule has 2 atom stereocenters. The van der Waals surface area contributed by atoms with Gasteiger partial charge in [0.25, 0.3) is 0 Å². The number of nitrogens with zero attached hydrogens (tertiary/aromatic N) is 2. The van der Waals surface area contributed by atoms with Crippen LogP contribution >= 0.6 is 0 Å². The van der Waals surface area contributed by atoms with E-state index < -0.39 is 6.10 Å². The fraction of sp³-hybridized carbons (Fsp3) is 0.727. The lowest BCUT2D eigenvalue weighted by Crippen LogP contribution is -2.28. The van der Waals surface area contributed by atoms with Gasteiger partial charge in [0.15, 0.2) is 5.75 Å². The predicted molar refractivity (Wildman–Crippen MR) is 58.3 cm³/mol. The molecule has 0 saturated carbocycles. The van der Waals surface area contributed by atoms with Crippen molar-refractivity contribution in [2.75, 3.05) is 13.7 Å².